The fourth-order valence-electron chi connectivity index (χ4n) is 2.50. The van der Waals surface area contributed by atoms with Crippen molar-refractivity contribution in [2.75, 3.05) is 13.2 Å². The van der Waals surface area contributed by atoms with Crippen LogP contribution in [0.3, 0.4) is 0 Å². The normalized spacial score (nSPS) is 15.5. The van der Waals surface area contributed by atoms with Gasteiger partial charge in [-0.15, -0.1) is 0 Å². The minimum absolute atomic E-state index is 0.134. The number of nitro benzene ring substituents is 1. The van der Waals surface area contributed by atoms with Crippen LogP contribution in [0.25, 0.3) is 0 Å². The van der Waals surface area contributed by atoms with Crippen molar-refractivity contribution in [3.8, 4) is 0 Å². The summed E-state index contributed by atoms with van der Waals surface area (Å²) in [5, 5.41) is 11.0. The average Bonchev–Trinajstić information content (AvgIpc) is 3.10. The third-order valence-corrected chi connectivity index (χ3v) is 5.35. The van der Waals surface area contributed by atoms with Crippen LogP contribution in [-0.2, 0) is 25.1 Å². The van der Waals surface area contributed by atoms with E-state index >= 15 is 0 Å². The molecule has 1 saturated heterocycles. The summed E-state index contributed by atoms with van der Waals surface area (Å²) in [5.41, 5.74) is 0.669. The quantitative estimate of drug-likeness (QED) is 0.608. The molecule has 0 spiro atoms. The van der Waals surface area contributed by atoms with E-state index in [-0.39, 0.29) is 16.3 Å². The molecule has 0 unspecified atom stereocenters. The first-order valence-electron chi connectivity index (χ1n) is 7.25. The van der Waals surface area contributed by atoms with Gasteiger partial charge in [0.1, 0.15) is 0 Å². The zero-order valence-corrected chi connectivity index (χ0v) is 13.4. The molecule has 0 saturated carbocycles. The van der Waals surface area contributed by atoms with Crippen LogP contribution in [0.1, 0.15) is 17.4 Å². The Morgan fingerprint density at radius 3 is 2.38 bits per heavy atom. The van der Waals surface area contributed by atoms with Crippen molar-refractivity contribution >= 4 is 15.5 Å². The standard InChI is InChI=1S/C16H15NO6S/c18-17(19)13-7-6-12(15(10-13)16-22-8-9-23-16)11-24(20,21)14-4-2-1-3-5-14/h1-7,10,16H,8-9,11H2. The molecule has 1 aliphatic heterocycles. The molecule has 1 heterocycles. The van der Waals surface area contributed by atoms with Crippen LogP contribution in [0.15, 0.2) is 53.4 Å². The molecule has 0 amide bonds. The zero-order valence-electron chi connectivity index (χ0n) is 12.6. The van der Waals surface area contributed by atoms with Crippen molar-refractivity contribution in [1.29, 1.82) is 0 Å². The lowest BCUT2D eigenvalue weighted by Gasteiger charge is -2.15. The fourth-order valence-corrected chi connectivity index (χ4v) is 3.91. The molecule has 0 N–H and O–H groups in total. The second kappa shape index (κ2) is 6.68. The van der Waals surface area contributed by atoms with Crippen molar-refractivity contribution in [3.05, 3.63) is 69.8 Å². The van der Waals surface area contributed by atoms with Gasteiger partial charge in [-0.05, 0) is 17.7 Å². The van der Waals surface area contributed by atoms with Crippen molar-refractivity contribution in [3.63, 3.8) is 0 Å². The molecule has 2 aromatic carbocycles. The number of ether oxygens (including phenoxy) is 2. The van der Waals surface area contributed by atoms with E-state index in [1.54, 1.807) is 18.2 Å². The Kier molecular flexibility index (Phi) is 4.61. The zero-order chi connectivity index (χ0) is 17.2. The molecular formula is C16H15NO6S. The Balaban J connectivity index is 1.99. The predicted octanol–water partition coefficient (Wildman–Crippen LogP) is 2.61. The van der Waals surface area contributed by atoms with Crippen LogP contribution in [0.5, 0.6) is 0 Å². The molecule has 0 atom stereocenters. The molecule has 3 rings (SSSR count). The number of hydrogen-bond donors (Lipinski definition) is 0. The van der Waals surface area contributed by atoms with Crippen LogP contribution in [-0.4, -0.2) is 26.6 Å². The molecule has 7 nitrogen and oxygen atoms in total. The average molecular weight is 349 g/mol. The van der Waals surface area contributed by atoms with Gasteiger partial charge in [0, 0.05) is 17.7 Å². The second-order valence-electron chi connectivity index (χ2n) is 5.29. The molecule has 2 aromatic rings. The summed E-state index contributed by atoms with van der Waals surface area (Å²) in [7, 11) is -3.58. The van der Waals surface area contributed by atoms with E-state index in [0.717, 1.165) is 0 Å². The number of benzene rings is 2. The molecule has 1 aliphatic rings. The third kappa shape index (κ3) is 3.45. The monoisotopic (exact) mass is 349 g/mol. The first-order chi connectivity index (χ1) is 11.5. The first-order valence-corrected chi connectivity index (χ1v) is 8.91. The van der Waals surface area contributed by atoms with E-state index in [9.17, 15) is 18.5 Å². The number of hydrogen-bond acceptors (Lipinski definition) is 6. The first kappa shape index (κ1) is 16.6. The Morgan fingerprint density at radius 2 is 1.75 bits per heavy atom. The molecule has 1 fully saturated rings. The minimum Gasteiger partial charge on any atom is -0.346 e. The number of nitro groups is 1. The molecule has 24 heavy (non-hydrogen) atoms. The van der Waals surface area contributed by atoms with E-state index in [1.165, 1.54) is 30.3 Å². The maximum Gasteiger partial charge on any atom is 0.269 e. The Hall–Kier alpha value is -2.29. The van der Waals surface area contributed by atoms with Gasteiger partial charge in [-0.1, -0.05) is 24.3 Å². The van der Waals surface area contributed by atoms with E-state index in [1.807, 2.05) is 0 Å². The van der Waals surface area contributed by atoms with Crippen molar-refractivity contribution in [1.82, 2.24) is 0 Å². The van der Waals surface area contributed by atoms with Gasteiger partial charge in [-0.25, -0.2) is 8.42 Å². The molecule has 126 valence electrons. The van der Waals surface area contributed by atoms with Gasteiger partial charge in [0.2, 0.25) is 0 Å². The third-order valence-electron chi connectivity index (χ3n) is 3.66. The summed E-state index contributed by atoms with van der Waals surface area (Å²) in [4.78, 5) is 10.7. The van der Waals surface area contributed by atoms with Gasteiger partial charge in [-0.2, -0.15) is 0 Å². The van der Waals surface area contributed by atoms with Gasteiger partial charge in [-0.3, -0.25) is 10.1 Å². The van der Waals surface area contributed by atoms with Crippen LogP contribution in [0.2, 0.25) is 0 Å². The number of nitrogens with zero attached hydrogens (tertiary/aromatic N) is 1. The maximum absolute atomic E-state index is 12.6. The highest BCUT2D eigenvalue weighted by molar-refractivity contribution is 7.90. The van der Waals surface area contributed by atoms with Crippen LogP contribution in [0.4, 0.5) is 5.69 Å². The van der Waals surface area contributed by atoms with Crippen molar-refractivity contribution in [2.24, 2.45) is 0 Å². The molecule has 0 radical (unpaired) electrons. The second-order valence-corrected chi connectivity index (χ2v) is 7.28. The smallest absolute Gasteiger partial charge is 0.269 e. The highest BCUT2D eigenvalue weighted by Gasteiger charge is 2.26. The van der Waals surface area contributed by atoms with Gasteiger partial charge >= 0.3 is 0 Å². The fraction of sp³-hybridized carbons (Fsp3) is 0.250. The highest BCUT2D eigenvalue weighted by atomic mass is 32.2. The van der Waals surface area contributed by atoms with E-state index in [4.69, 9.17) is 9.47 Å². The molecule has 0 aromatic heterocycles. The van der Waals surface area contributed by atoms with E-state index in [2.05, 4.69) is 0 Å². The highest BCUT2D eigenvalue weighted by Crippen LogP contribution is 2.31. The largest absolute Gasteiger partial charge is 0.346 e. The minimum atomic E-state index is -3.58. The van der Waals surface area contributed by atoms with Gasteiger partial charge in [0.25, 0.3) is 5.69 Å². The number of rotatable bonds is 5. The van der Waals surface area contributed by atoms with E-state index < -0.39 is 21.1 Å². The summed E-state index contributed by atoms with van der Waals surface area (Å²) in [5.74, 6) is -0.284. The lowest BCUT2D eigenvalue weighted by atomic mass is 10.1. The Bertz CT molecular complexity index is 844. The van der Waals surface area contributed by atoms with Crippen LogP contribution < -0.4 is 0 Å². The summed E-state index contributed by atoms with van der Waals surface area (Å²) in [6, 6.07) is 12.1. The lowest BCUT2D eigenvalue weighted by molar-refractivity contribution is -0.385. The van der Waals surface area contributed by atoms with Crippen LogP contribution in [0, 0.1) is 10.1 Å². The topological polar surface area (TPSA) is 95.7 Å². The van der Waals surface area contributed by atoms with Gasteiger partial charge < -0.3 is 9.47 Å². The SMILES string of the molecule is O=[N+]([O-])c1ccc(CS(=O)(=O)c2ccccc2)c(C2OCCO2)c1. The summed E-state index contributed by atoms with van der Waals surface area (Å²) in [6.45, 7) is 0.719. The van der Waals surface area contributed by atoms with Crippen molar-refractivity contribution in [2.45, 2.75) is 16.9 Å². The Morgan fingerprint density at radius 1 is 1.08 bits per heavy atom. The summed E-state index contributed by atoms with van der Waals surface area (Å²) >= 11 is 0. The summed E-state index contributed by atoms with van der Waals surface area (Å²) < 4.78 is 35.9. The lowest BCUT2D eigenvalue weighted by Crippen LogP contribution is -2.10. The van der Waals surface area contributed by atoms with Gasteiger partial charge in [0.05, 0.1) is 28.8 Å². The predicted molar refractivity (Wildman–Crippen MR) is 85.1 cm³/mol. The summed E-state index contributed by atoms with van der Waals surface area (Å²) in [6.07, 6.45) is -0.786. The Labute approximate surface area is 138 Å². The molecular weight excluding hydrogens is 334 g/mol. The molecule has 0 aliphatic carbocycles. The number of sulfone groups is 1. The van der Waals surface area contributed by atoms with E-state index in [0.29, 0.717) is 24.3 Å². The maximum atomic E-state index is 12.6. The van der Waals surface area contributed by atoms with Crippen LogP contribution >= 0.6 is 0 Å². The van der Waals surface area contributed by atoms with Gasteiger partial charge in [0.15, 0.2) is 16.1 Å². The number of non-ortho nitro benzene ring substituents is 1. The molecule has 8 heteroatoms. The van der Waals surface area contributed by atoms with Crippen molar-refractivity contribution < 1.29 is 22.8 Å². The molecule has 0 bridgehead atoms.